The third-order valence-electron chi connectivity index (χ3n) is 6.23. The van der Waals surface area contributed by atoms with Crippen LogP contribution in [0, 0.1) is 0 Å². The van der Waals surface area contributed by atoms with Gasteiger partial charge < -0.3 is 37.9 Å². The zero-order valence-electron chi connectivity index (χ0n) is 25.5. The molecule has 1 atom stereocenters. The highest BCUT2D eigenvalue weighted by Gasteiger charge is 2.25. The third kappa shape index (κ3) is 24.2. The summed E-state index contributed by atoms with van der Waals surface area (Å²) in [5, 5.41) is -0.616. The van der Waals surface area contributed by atoms with Crippen LogP contribution in [0.25, 0.3) is 0 Å². The molecule has 1 aliphatic rings. The molecule has 0 spiro atoms. The lowest BCUT2D eigenvalue weighted by molar-refractivity contribution is -0.150. The highest BCUT2D eigenvalue weighted by atomic mass is 32.2. The van der Waals surface area contributed by atoms with Crippen LogP contribution in [0.5, 0.6) is 0 Å². The summed E-state index contributed by atoms with van der Waals surface area (Å²) in [6, 6.07) is 0. The SMILES string of the molecule is CCCCCCCCOC(=O)C(CC(=O)OCCOCCOCCOC)SCCN1CCOCCOCCOCC1. The maximum Gasteiger partial charge on any atom is 0.319 e. The number of ether oxygens (including phenoxy) is 8. The molecule has 0 aromatic rings. The first-order valence-electron chi connectivity index (χ1n) is 15.2. The number of hydrogen-bond acceptors (Lipinski definition) is 12. The summed E-state index contributed by atoms with van der Waals surface area (Å²) in [5.74, 6) is -0.126. The minimum atomic E-state index is -0.616. The van der Waals surface area contributed by atoms with Crippen LogP contribution >= 0.6 is 11.8 Å². The van der Waals surface area contributed by atoms with Crippen LogP contribution in [0.2, 0.25) is 0 Å². The van der Waals surface area contributed by atoms with Crippen molar-refractivity contribution in [2.75, 3.05) is 118 Å². The van der Waals surface area contributed by atoms with Gasteiger partial charge in [-0.1, -0.05) is 39.0 Å². The molecule has 1 unspecified atom stereocenters. The standard InChI is InChI=1S/C29H55NO10S/c1-3-4-5-6-7-8-12-40-29(32)27(26-28(31)39-24-23-38-22-21-36-16-15-33-2)41-25-11-30-9-13-34-17-19-37-20-18-35-14-10-30/h27H,3-26H2,1-2H3. The molecule has 1 rings (SSSR count). The topological polar surface area (TPSA) is 111 Å². The monoisotopic (exact) mass is 609 g/mol. The van der Waals surface area contributed by atoms with Crippen LogP contribution in [0.3, 0.4) is 0 Å². The van der Waals surface area contributed by atoms with Gasteiger partial charge in [0, 0.05) is 32.5 Å². The normalized spacial score (nSPS) is 16.4. The van der Waals surface area contributed by atoms with Gasteiger partial charge in [-0.3, -0.25) is 14.5 Å². The lowest BCUT2D eigenvalue weighted by Gasteiger charge is -2.23. The molecular weight excluding hydrogens is 554 g/mol. The first-order valence-corrected chi connectivity index (χ1v) is 16.3. The van der Waals surface area contributed by atoms with Gasteiger partial charge in [-0.15, -0.1) is 11.8 Å². The number of carbonyl (C=O) groups excluding carboxylic acids is 2. The maximum absolute atomic E-state index is 12.9. The van der Waals surface area contributed by atoms with E-state index in [9.17, 15) is 9.59 Å². The van der Waals surface area contributed by atoms with Crippen LogP contribution in [0.15, 0.2) is 0 Å². The average molecular weight is 610 g/mol. The molecule has 0 N–H and O–H groups in total. The Labute approximate surface area is 251 Å². The van der Waals surface area contributed by atoms with Gasteiger partial charge in [0.15, 0.2) is 0 Å². The van der Waals surface area contributed by atoms with Crippen molar-refractivity contribution in [3.05, 3.63) is 0 Å². The van der Waals surface area contributed by atoms with Crippen LogP contribution in [-0.2, 0) is 47.5 Å². The van der Waals surface area contributed by atoms with Crippen LogP contribution in [0.4, 0.5) is 0 Å². The first kappa shape index (κ1) is 38.0. The Hall–Kier alpha value is -0.990. The number of hydrogen-bond donors (Lipinski definition) is 0. The molecule has 0 saturated carbocycles. The summed E-state index contributed by atoms with van der Waals surface area (Å²) >= 11 is 1.44. The molecule has 41 heavy (non-hydrogen) atoms. The molecule has 1 saturated heterocycles. The fourth-order valence-corrected chi connectivity index (χ4v) is 4.94. The average Bonchev–Trinajstić information content (AvgIpc) is 2.96. The van der Waals surface area contributed by atoms with Crippen molar-refractivity contribution in [3.8, 4) is 0 Å². The predicted molar refractivity (Wildman–Crippen MR) is 159 cm³/mol. The molecule has 12 heteroatoms. The second-order valence-electron chi connectivity index (χ2n) is 9.62. The zero-order valence-corrected chi connectivity index (χ0v) is 26.3. The largest absolute Gasteiger partial charge is 0.465 e. The van der Waals surface area contributed by atoms with Crippen molar-refractivity contribution in [1.82, 2.24) is 4.90 Å². The fourth-order valence-electron chi connectivity index (χ4n) is 3.84. The summed E-state index contributed by atoms with van der Waals surface area (Å²) < 4.78 is 43.3. The van der Waals surface area contributed by atoms with Crippen molar-refractivity contribution in [3.63, 3.8) is 0 Å². The van der Waals surface area contributed by atoms with Gasteiger partial charge in [0.1, 0.15) is 11.9 Å². The van der Waals surface area contributed by atoms with E-state index < -0.39 is 11.2 Å². The molecule has 0 aliphatic carbocycles. The van der Waals surface area contributed by atoms with Crippen molar-refractivity contribution in [2.24, 2.45) is 0 Å². The van der Waals surface area contributed by atoms with E-state index >= 15 is 0 Å². The van der Waals surface area contributed by atoms with Gasteiger partial charge >= 0.3 is 11.9 Å². The number of methoxy groups -OCH3 is 1. The summed E-state index contributed by atoms with van der Waals surface area (Å²) in [6.07, 6.45) is 6.63. The summed E-state index contributed by atoms with van der Waals surface area (Å²) in [4.78, 5) is 27.7. The number of nitrogens with zero attached hydrogens (tertiary/aromatic N) is 1. The molecule has 0 aromatic carbocycles. The van der Waals surface area contributed by atoms with E-state index in [1.165, 1.54) is 31.0 Å². The second-order valence-corrected chi connectivity index (χ2v) is 10.9. The molecular formula is C29H55NO10S. The van der Waals surface area contributed by atoms with E-state index in [1.807, 2.05) is 0 Å². The maximum atomic E-state index is 12.9. The van der Waals surface area contributed by atoms with Gasteiger partial charge in [-0.05, 0) is 6.42 Å². The second kappa shape index (κ2) is 29.1. The minimum Gasteiger partial charge on any atom is -0.465 e. The van der Waals surface area contributed by atoms with Crippen LogP contribution in [-0.4, -0.2) is 140 Å². The predicted octanol–water partition coefficient (Wildman–Crippen LogP) is 2.97. The Morgan fingerprint density at radius 1 is 0.732 bits per heavy atom. The molecule has 1 aliphatic heterocycles. The van der Waals surface area contributed by atoms with Gasteiger partial charge in [0.25, 0.3) is 0 Å². The van der Waals surface area contributed by atoms with Crippen LogP contribution in [0.1, 0.15) is 51.9 Å². The van der Waals surface area contributed by atoms with E-state index in [0.29, 0.717) is 78.4 Å². The number of thioether (sulfide) groups is 1. The number of unbranched alkanes of at least 4 members (excludes halogenated alkanes) is 5. The molecule has 11 nitrogen and oxygen atoms in total. The molecule has 0 aromatic heterocycles. The van der Waals surface area contributed by atoms with Gasteiger partial charge in [0.05, 0.1) is 85.7 Å². The van der Waals surface area contributed by atoms with Gasteiger partial charge in [-0.2, -0.15) is 0 Å². The molecule has 0 radical (unpaired) electrons. The highest BCUT2D eigenvalue weighted by Crippen LogP contribution is 2.18. The van der Waals surface area contributed by atoms with Gasteiger partial charge in [0.2, 0.25) is 0 Å². The smallest absolute Gasteiger partial charge is 0.319 e. The van der Waals surface area contributed by atoms with Crippen molar-refractivity contribution in [1.29, 1.82) is 0 Å². The molecule has 0 amide bonds. The van der Waals surface area contributed by atoms with Crippen LogP contribution < -0.4 is 0 Å². The summed E-state index contributed by atoms with van der Waals surface area (Å²) in [6.45, 7) is 10.6. The molecule has 1 fully saturated rings. The molecule has 242 valence electrons. The quantitative estimate of drug-likeness (QED) is 0.125. The lowest BCUT2D eigenvalue weighted by Crippen LogP contribution is -2.35. The number of esters is 2. The Morgan fingerprint density at radius 3 is 1.98 bits per heavy atom. The van der Waals surface area contributed by atoms with Crippen molar-refractivity contribution < 1.29 is 47.5 Å². The number of carbonyl (C=O) groups is 2. The summed E-state index contributed by atoms with van der Waals surface area (Å²) in [7, 11) is 1.62. The highest BCUT2D eigenvalue weighted by molar-refractivity contribution is 8.00. The van der Waals surface area contributed by atoms with E-state index in [1.54, 1.807) is 7.11 Å². The Balaban J connectivity index is 2.44. The van der Waals surface area contributed by atoms with E-state index in [-0.39, 0.29) is 25.6 Å². The Morgan fingerprint density at radius 2 is 1.32 bits per heavy atom. The van der Waals surface area contributed by atoms with Crippen molar-refractivity contribution in [2.45, 2.75) is 57.1 Å². The Kier molecular flexibility index (Phi) is 27.0. The molecule has 1 heterocycles. The first-order chi connectivity index (χ1) is 20.2. The lowest BCUT2D eigenvalue weighted by atomic mass is 10.1. The van der Waals surface area contributed by atoms with E-state index in [2.05, 4.69) is 11.8 Å². The summed E-state index contributed by atoms with van der Waals surface area (Å²) in [5.41, 5.74) is 0. The minimum absolute atomic E-state index is 0.0354. The van der Waals surface area contributed by atoms with E-state index in [0.717, 1.165) is 38.9 Å². The number of rotatable bonds is 23. The third-order valence-corrected chi connectivity index (χ3v) is 7.41. The van der Waals surface area contributed by atoms with Gasteiger partial charge in [-0.25, -0.2) is 0 Å². The van der Waals surface area contributed by atoms with E-state index in [4.69, 9.17) is 37.9 Å². The fraction of sp³-hybridized carbons (Fsp3) is 0.931. The zero-order chi connectivity index (χ0) is 29.6. The molecule has 0 bridgehead atoms. The van der Waals surface area contributed by atoms with Crippen molar-refractivity contribution >= 4 is 23.7 Å². The Bertz CT molecular complexity index is 604.